The molecule has 0 spiro atoms. The van der Waals surface area contributed by atoms with Crippen LogP contribution in [0.1, 0.15) is 143 Å². The van der Waals surface area contributed by atoms with Gasteiger partial charge in [-0.3, -0.25) is 15.6 Å². The highest BCUT2D eigenvalue weighted by atomic mass is 15.7. The lowest BCUT2D eigenvalue weighted by Crippen LogP contribution is -2.68. The zero-order chi connectivity index (χ0) is 22.6. The summed E-state index contributed by atoms with van der Waals surface area (Å²) in [5.74, 6) is 1.37. The Labute approximate surface area is 199 Å². The van der Waals surface area contributed by atoms with Crippen LogP contribution in [0.2, 0.25) is 0 Å². The van der Waals surface area contributed by atoms with Gasteiger partial charge in [0, 0.05) is 0 Å². The molecule has 0 aromatic rings. The number of hydrogen-bond donors (Lipinski definition) is 2. The number of hydrogen-bond acceptors (Lipinski definition) is 1. The Balaban J connectivity index is 1.75. The summed E-state index contributed by atoms with van der Waals surface area (Å²) in [6.07, 6.45) is 24.5. The van der Waals surface area contributed by atoms with Crippen LogP contribution in [0.3, 0.4) is 0 Å². The van der Waals surface area contributed by atoms with Gasteiger partial charge in [-0.05, 0) is 98.3 Å². The summed E-state index contributed by atoms with van der Waals surface area (Å²) in [5.41, 5.74) is 0.375. The second kappa shape index (κ2) is 10.6. The maximum absolute atomic E-state index is 4.16. The van der Waals surface area contributed by atoms with Gasteiger partial charge in [-0.25, -0.2) is 0 Å². The standard InChI is InChI=1S/C28H52N4/c1-27(2)21-14-22-28(3,4)32(27)31(25-19-12-7-13-20-25)26(29-23-15-8-5-9-16-23)30-24-17-10-6-11-18-24/h23-25H,5-22H2,1-4H3,(H,29,30)/p+1. The molecule has 32 heavy (non-hydrogen) atoms. The second-order valence-corrected chi connectivity index (χ2v) is 12.7. The number of rotatable bonds is 4. The molecule has 1 saturated heterocycles. The van der Waals surface area contributed by atoms with Crippen LogP contribution < -0.4 is 10.6 Å². The molecule has 0 unspecified atom stereocenters. The minimum Gasteiger partial charge on any atom is -0.273 e. The van der Waals surface area contributed by atoms with Crippen LogP contribution in [0, 0.1) is 0 Å². The van der Waals surface area contributed by atoms with Gasteiger partial charge in [0.25, 0.3) is 0 Å². The van der Waals surface area contributed by atoms with Gasteiger partial charge < -0.3 is 0 Å². The Morgan fingerprint density at radius 2 is 1.00 bits per heavy atom. The highest BCUT2D eigenvalue weighted by Gasteiger charge is 2.47. The van der Waals surface area contributed by atoms with Crippen LogP contribution in [-0.2, 0) is 0 Å². The molecule has 4 nitrogen and oxygen atoms in total. The molecule has 184 valence electrons. The predicted molar refractivity (Wildman–Crippen MR) is 136 cm³/mol. The number of hydrazone groups is 1. The van der Waals surface area contributed by atoms with E-state index in [4.69, 9.17) is 0 Å². The van der Waals surface area contributed by atoms with E-state index in [0.717, 1.165) is 0 Å². The Morgan fingerprint density at radius 1 is 0.594 bits per heavy atom. The van der Waals surface area contributed by atoms with Crippen LogP contribution in [-0.4, -0.2) is 44.9 Å². The summed E-state index contributed by atoms with van der Waals surface area (Å²) < 4.78 is 2.82. The predicted octanol–water partition coefficient (Wildman–Crippen LogP) is 6.49. The van der Waals surface area contributed by atoms with Crippen molar-refractivity contribution in [1.82, 2.24) is 15.6 Å². The maximum atomic E-state index is 4.16. The number of hydrazine groups is 1. The topological polar surface area (TPSA) is 30.3 Å². The van der Waals surface area contributed by atoms with Crippen LogP contribution in [0.5, 0.6) is 0 Å². The van der Waals surface area contributed by atoms with Gasteiger partial charge in [0.1, 0.15) is 6.04 Å². The van der Waals surface area contributed by atoms with Gasteiger partial charge in [-0.1, -0.05) is 44.9 Å². The van der Waals surface area contributed by atoms with E-state index in [1.807, 2.05) is 0 Å². The van der Waals surface area contributed by atoms with Crippen molar-refractivity contribution in [2.75, 3.05) is 0 Å². The monoisotopic (exact) mass is 445 g/mol. The van der Waals surface area contributed by atoms with Crippen molar-refractivity contribution in [3.63, 3.8) is 0 Å². The Hall–Kier alpha value is -0.930. The van der Waals surface area contributed by atoms with Crippen molar-refractivity contribution < 1.29 is 4.68 Å². The van der Waals surface area contributed by atoms with Gasteiger partial charge in [-0.15, -0.1) is 0 Å². The van der Waals surface area contributed by atoms with E-state index in [9.17, 15) is 0 Å². The fraction of sp³-hybridized carbons (Fsp3) is 0.964. The van der Waals surface area contributed by atoms with Gasteiger partial charge in [0.15, 0.2) is 0 Å². The molecule has 3 aliphatic carbocycles. The van der Waals surface area contributed by atoms with E-state index in [2.05, 4.69) is 48.0 Å². The fourth-order valence-electron chi connectivity index (χ4n) is 7.39. The SMILES string of the molecule is CC1(C)CCCC(C)(C)N1[N+](=C(NC1CCCCC1)NC1CCCCC1)C1CCCCC1. The molecule has 4 fully saturated rings. The molecule has 4 rings (SSSR count). The largest absolute Gasteiger partial charge is 0.368 e. The molecular formula is C28H53N4+. The first kappa shape index (κ1) is 24.2. The van der Waals surface area contributed by atoms with Crippen molar-refractivity contribution in [3.05, 3.63) is 0 Å². The summed E-state index contributed by atoms with van der Waals surface area (Å²) >= 11 is 0. The molecule has 0 aromatic carbocycles. The molecule has 4 aliphatic rings. The molecule has 1 heterocycles. The van der Waals surface area contributed by atoms with Crippen LogP contribution in [0.4, 0.5) is 0 Å². The average Bonchev–Trinajstić information content (AvgIpc) is 2.77. The summed E-state index contributed by atoms with van der Waals surface area (Å²) in [6.45, 7) is 10.0. The molecule has 4 heteroatoms. The number of nitrogens with one attached hydrogen (secondary N) is 2. The van der Waals surface area contributed by atoms with Crippen molar-refractivity contribution in [3.8, 4) is 0 Å². The van der Waals surface area contributed by atoms with Gasteiger partial charge in [-0.2, -0.15) is 4.68 Å². The molecule has 2 N–H and O–H groups in total. The van der Waals surface area contributed by atoms with Crippen molar-refractivity contribution in [2.45, 2.75) is 172 Å². The molecule has 0 amide bonds. The minimum absolute atomic E-state index is 0.187. The molecule has 0 radical (unpaired) electrons. The van der Waals surface area contributed by atoms with Crippen molar-refractivity contribution in [2.24, 2.45) is 0 Å². The third-order valence-electron chi connectivity index (χ3n) is 8.98. The van der Waals surface area contributed by atoms with Crippen LogP contribution in [0.15, 0.2) is 0 Å². The number of piperidine rings is 1. The van der Waals surface area contributed by atoms with E-state index in [1.165, 1.54) is 122 Å². The lowest BCUT2D eigenvalue weighted by molar-refractivity contribution is -0.755. The summed E-state index contributed by atoms with van der Waals surface area (Å²) in [5, 5.41) is 11.2. The van der Waals surface area contributed by atoms with E-state index in [-0.39, 0.29) is 11.1 Å². The maximum Gasteiger partial charge on any atom is 0.368 e. The third-order valence-corrected chi connectivity index (χ3v) is 8.98. The number of guanidine groups is 1. The van der Waals surface area contributed by atoms with E-state index < -0.39 is 0 Å². The summed E-state index contributed by atoms with van der Waals surface area (Å²) in [4.78, 5) is 0. The summed E-state index contributed by atoms with van der Waals surface area (Å²) in [7, 11) is 0. The molecule has 3 saturated carbocycles. The molecule has 0 atom stereocenters. The molecule has 1 aliphatic heterocycles. The Kier molecular flexibility index (Phi) is 7.98. The van der Waals surface area contributed by atoms with Crippen LogP contribution in [0.25, 0.3) is 0 Å². The minimum atomic E-state index is 0.187. The molecule has 0 aromatic heterocycles. The Morgan fingerprint density at radius 3 is 1.44 bits per heavy atom. The lowest BCUT2D eigenvalue weighted by atomic mass is 9.81. The van der Waals surface area contributed by atoms with Gasteiger partial charge in [0.2, 0.25) is 0 Å². The zero-order valence-electron chi connectivity index (χ0n) is 21.9. The van der Waals surface area contributed by atoms with Gasteiger partial charge >= 0.3 is 5.96 Å². The quantitative estimate of drug-likeness (QED) is 0.294. The highest BCUT2D eigenvalue weighted by molar-refractivity contribution is 5.75. The van der Waals surface area contributed by atoms with E-state index in [1.54, 1.807) is 0 Å². The first-order valence-electron chi connectivity index (χ1n) is 14.4. The van der Waals surface area contributed by atoms with Gasteiger partial charge in [0.05, 0.1) is 23.2 Å². The van der Waals surface area contributed by atoms with Crippen molar-refractivity contribution >= 4 is 5.96 Å². The first-order valence-corrected chi connectivity index (χ1v) is 14.4. The van der Waals surface area contributed by atoms with E-state index in [0.29, 0.717) is 18.1 Å². The first-order chi connectivity index (χ1) is 15.4. The lowest BCUT2D eigenvalue weighted by Gasteiger charge is -2.55. The molecular weight excluding hydrogens is 392 g/mol. The second-order valence-electron chi connectivity index (χ2n) is 12.7. The Bertz CT molecular complexity index is 581. The zero-order valence-corrected chi connectivity index (χ0v) is 21.9. The smallest absolute Gasteiger partial charge is 0.273 e. The van der Waals surface area contributed by atoms with Crippen molar-refractivity contribution in [1.29, 1.82) is 0 Å². The normalized spacial score (nSPS) is 27.7. The average molecular weight is 446 g/mol. The van der Waals surface area contributed by atoms with Crippen LogP contribution >= 0.6 is 0 Å². The summed E-state index contributed by atoms with van der Waals surface area (Å²) in [6, 6.07) is 1.90. The molecule has 0 bridgehead atoms. The van der Waals surface area contributed by atoms with E-state index >= 15 is 0 Å². The number of nitrogens with zero attached hydrogens (tertiary/aromatic N) is 2. The highest BCUT2D eigenvalue weighted by Crippen LogP contribution is 2.40. The third kappa shape index (κ3) is 5.76. The fourth-order valence-corrected chi connectivity index (χ4v) is 7.39.